The van der Waals surface area contributed by atoms with Gasteiger partial charge >= 0.3 is 0 Å². The summed E-state index contributed by atoms with van der Waals surface area (Å²) >= 11 is 3.55. The molecule has 0 unspecified atom stereocenters. The lowest BCUT2D eigenvalue weighted by Crippen LogP contribution is -2.22. The zero-order chi connectivity index (χ0) is 12.8. The fraction of sp³-hybridized carbons (Fsp3) is 0.429. The molecule has 2 nitrogen and oxygen atoms in total. The molecule has 0 saturated heterocycles. The molecule has 0 atom stereocenters. The lowest BCUT2D eigenvalue weighted by atomic mass is 10.2. The summed E-state index contributed by atoms with van der Waals surface area (Å²) in [5.74, 6) is 0.886. The molecule has 0 aliphatic heterocycles. The second-order valence-electron chi connectivity index (χ2n) is 4.53. The fourth-order valence-electron chi connectivity index (χ4n) is 1.30. The van der Waals surface area contributed by atoms with Gasteiger partial charge in [-0.1, -0.05) is 36.4 Å². The van der Waals surface area contributed by atoms with E-state index in [2.05, 4.69) is 47.7 Å². The minimum atomic E-state index is 0.474. The van der Waals surface area contributed by atoms with Crippen LogP contribution in [0, 0.1) is 0 Å². The Kier molecular flexibility index (Phi) is 5.72. The number of rotatable bonds is 6. The van der Waals surface area contributed by atoms with Gasteiger partial charge in [0.2, 0.25) is 0 Å². The molecule has 1 rings (SSSR count). The van der Waals surface area contributed by atoms with Crippen LogP contribution in [0.4, 0.5) is 0 Å². The van der Waals surface area contributed by atoms with Crippen molar-refractivity contribution in [3.8, 4) is 5.75 Å². The molecule has 1 aromatic rings. The van der Waals surface area contributed by atoms with E-state index in [1.165, 1.54) is 5.56 Å². The first-order valence-corrected chi connectivity index (χ1v) is 6.57. The summed E-state index contributed by atoms with van der Waals surface area (Å²) in [6.45, 7) is 11.5. The average Bonchev–Trinajstić information content (AvgIpc) is 2.26. The summed E-state index contributed by atoms with van der Waals surface area (Å²) in [5.41, 5.74) is 2.23. The van der Waals surface area contributed by atoms with Crippen LogP contribution in [0.25, 0.3) is 0 Å². The summed E-state index contributed by atoms with van der Waals surface area (Å²) in [5, 5.41) is 3.39. The molecular formula is C14H20BrNO. The van der Waals surface area contributed by atoms with Gasteiger partial charge in [0.1, 0.15) is 12.4 Å². The number of nitrogens with one attached hydrogen (secondary N) is 1. The van der Waals surface area contributed by atoms with Crippen molar-refractivity contribution in [1.82, 2.24) is 5.32 Å². The maximum Gasteiger partial charge on any atom is 0.120 e. The monoisotopic (exact) mass is 297 g/mol. The van der Waals surface area contributed by atoms with Crippen LogP contribution in [-0.2, 0) is 6.54 Å². The van der Waals surface area contributed by atoms with Gasteiger partial charge in [0.25, 0.3) is 0 Å². The summed E-state index contributed by atoms with van der Waals surface area (Å²) in [6.07, 6.45) is 0. The van der Waals surface area contributed by atoms with Crippen LogP contribution in [0.15, 0.2) is 34.8 Å². The Morgan fingerprint density at radius 3 is 2.76 bits per heavy atom. The third-order valence-electron chi connectivity index (χ3n) is 2.20. The molecule has 0 saturated carbocycles. The quantitative estimate of drug-likeness (QED) is 0.804. The Balaban J connectivity index is 2.68. The SMILES string of the molecule is C=C(C)COc1ccc(Br)c(CNC(C)C)c1. The van der Waals surface area contributed by atoms with Gasteiger partial charge in [-0.05, 0) is 36.3 Å². The van der Waals surface area contributed by atoms with Gasteiger partial charge in [-0.3, -0.25) is 0 Å². The van der Waals surface area contributed by atoms with Crippen LogP contribution in [0.1, 0.15) is 26.3 Å². The van der Waals surface area contributed by atoms with Crippen molar-refractivity contribution in [3.63, 3.8) is 0 Å². The largest absolute Gasteiger partial charge is 0.489 e. The summed E-state index contributed by atoms with van der Waals surface area (Å²) in [6, 6.07) is 6.52. The predicted molar refractivity (Wildman–Crippen MR) is 76.4 cm³/mol. The number of halogens is 1. The highest BCUT2D eigenvalue weighted by Gasteiger charge is 2.03. The van der Waals surface area contributed by atoms with Gasteiger partial charge < -0.3 is 10.1 Å². The van der Waals surface area contributed by atoms with E-state index >= 15 is 0 Å². The van der Waals surface area contributed by atoms with E-state index in [0.717, 1.165) is 22.3 Å². The van der Waals surface area contributed by atoms with Crippen molar-refractivity contribution in [2.75, 3.05) is 6.61 Å². The van der Waals surface area contributed by atoms with E-state index in [-0.39, 0.29) is 0 Å². The first-order chi connectivity index (χ1) is 7.99. The minimum Gasteiger partial charge on any atom is -0.489 e. The van der Waals surface area contributed by atoms with Crippen LogP contribution in [0.2, 0.25) is 0 Å². The van der Waals surface area contributed by atoms with Gasteiger partial charge in [0, 0.05) is 17.1 Å². The van der Waals surface area contributed by atoms with Gasteiger partial charge in [-0.15, -0.1) is 0 Å². The van der Waals surface area contributed by atoms with Crippen LogP contribution in [0.3, 0.4) is 0 Å². The van der Waals surface area contributed by atoms with E-state index in [9.17, 15) is 0 Å². The maximum absolute atomic E-state index is 5.62. The van der Waals surface area contributed by atoms with Crippen molar-refractivity contribution in [3.05, 3.63) is 40.4 Å². The number of hydrogen-bond donors (Lipinski definition) is 1. The lowest BCUT2D eigenvalue weighted by Gasteiger charge is -2.12. The van der Waals surface area contributed by atoms with Crippen LogP contribution >= 0.6 is 15.9 Å². The van der Waals surface area contributed by atoms with Gasteiger partial charge in [-0.2, -0.15) is 0 Å². The van der Waals surface area contributed by atoms with Gasteiger partial charge in [-0.25, -0.2) is 0 Å². The Morgan fingerprint density at radius 1 is 1.47 bits per heavy atom. The summed E-state index contributed by atoms with van der Waals surface area (Å²) < 4.78 is 6.73. The Labute approximate surface area is 112 Å². The van der Waals surface area contributed by atoms with Crippen LogP contribution in [0.5, 0.6) is 5.75 Å². The number of benzene rings is 1. The molecule has 0 aliphatic rings. The van der Waals surface area contributed by atoms with Crippen molar-refractivity contribution < 1.29 is 4.74 Å². The molecule has 0 fully saturated rings. The first kappa shape index (κ1) is 14.3. The second kappa shape index (κ2) is 6.82. The Morgan fingerprint density at radius 2 is 2.18 bits per heavy atom. The van der Waals surface area contributed by atoms with Crippen molar-refractivity contribution in [1.29, 1.82) is 0 Å². The van der Waals surface area contributed by atoms with Gasteiger partial charge in [0.15, 0.2) is 0 Å². The molecule has 0 spiro atoms. The molecule has 0 radical (unpaired) electrons. The average molecular weight is 298 g/mol. The molecular weight excluding hydrogens is 278 g/mol. The van der Waals surface area contributed by atoms with E-state index in [1.807, 2.05) is 19.1 Å². The predicted octanol–water partition coefficient (Wildman–Crippen LogP) is 3.90. The third kappa shape index (κ3) is 5.37. The molecule has 1 N–H and O–H groups in total. The highest BCUT2D eigenvalue weighted by molar-refractivity contribution is 9.10. The molecule has 0 heterocycles. The van der Waals surface area contributed by atoms with E-state index < -0.39 is 0 Å². The van der Waals surface area contributed by atoms with Crippen molar-refractivity contribution in [2.24, 2.45) is 0 Å². The zero-order valence-corrected chi connectivity index (χ0v) is 12.3. The highest BCUT2D eigenvalue weighted by atomic mass is 79.9. The van der Waals surface area contributed by atoms with E-state index in [4.69, 9.17) is 4.74 Å². The fourth-order valence-corrected chi connectivity index (χ4v) is 1.68. The first-order valence-electron chi connectivity index (χ1n) is 5.78. The molecule has 0 bridgehead atoms. The zero-order valence-electron chi connectivity index (χ0n) is 10.7. The molecule has 1 aromatic carbocycles. The van der Waals surface area contributed by atoms with E-state index in [1.54, 1.807) is 0 Å². The molecule has 0 aliphatic carbocycles. The third-order valence-corrected chi connectivity index (χ3v) is 2.98. The van der Waals surface area contributed by atoms with Gasteiger partial charge in [0.05, 0.1) is 0 Å². The minimum absolute atomic E-state index is 0.474. The smallest absolute Gasteiger partial charge is 0.120 e. The maximum atomic E-state index is 5.62. The highest BCUT2D eigenvalue weighted by Crippen LogP contribution is 2.23. The standard InChI is InChI=1S/C14H20BrNO/c1-10(2)9-17-13-5-6-14(15)12(7-13)8-16-11(3)4/h5-7,11,16H,1,8-9H2,2-4H3. The second-order valence-corrected chi connectivity index (χ2v) is 5.39. The lowest BCUT2D eigenvalue weighted by molar-refractivity contribution is 0.352. The summed E-state index contributed by atoms with van der Waals surface area (Å²) in [4.78, 5) is 0. The molecule has 0 amide bonds. The Bertz CT molecular complexity index is 388. The summed E-state index contributed by atoms with van der Waals surface area (Å²) in [7, 11) is 0. The topological polar surface area (TPSA) is 21.3 Å². The Hall–Kier alpha value is -0.800. The van der Waals surface area contributed by atoms with Crippen LogP contribution < -0.4 is 10.1 Å². The van der Waals surface area contributed by atoms with E-state index in [0.29, 0.717) is 12.6 Å². The van der Waals surface area contributed by atoms with Crippen molar-refractivity contribution in [2.45, 2.75) is 33.4 Å². The number of hydrogen-bond acceptors (Lipinski definition) is 2. The molecule has 17 heavy (non-hydrogen) atoms. The number of ether oxygens (including phenoxy) is 1. The normalized spacial score (nSPS) is 10.6. The molecule has 3 heteroatoms. The molecule has 0 aromatic heterocycles. The van der Waals surface area contributed by atoms with Crippen LogP contribution in [-0.4, -0.2) is 12.6 Å². The molecule has 94 valence electrons. The van der Waals surface area contributed by atoms with Crippen molar-refractivity contribution >= 4 is 15.9 Å².